The Morgan fingerprint density at radius 2 is 1.90 bits per heavy atom. The molecule has 2 nitrogen and oxygen atoms in total. The molecule has 1 aromatic heterocycles. The summed E-state index contributed by atoms with van der Waals surface area (Å²) in [6.07, 6.45) is 6.41. The van der Waals surface area contributed by atoms with Crippen molar-refractivity contribution in [1.29, 1.82) is 0 Å². The molecule has 1 heterocycles. The number of nitrogens with one attached hydrogen (secondary N) is 1. The molecular formula is C19H28N2. The van der Waals surface area contributed by atoms with Gasteiger partial charge >= 0.3 is 0 Å². The van der Waals surface area contributed by atoms with Crippen LogP contribution in [0.4, 0.5) is 0 Å². The van der Waals surface area contributed by atoms with Crippen LogP contribution in [0.25, 0.3) is 10.9 Å². The molecule has 1 N–H and O–H groups in total. The normalized spacial score (nSPS) is 12.7. The van der Waals surface area contributed by atoms with Crippen molar-refractivity contribution in [2.75, 3.05) is 0 Å². The van der Waals surface area contributed by atoms with E-state index in [1.807, 2.05) is 6.92 Å². The van der Waals surface area contributed by atoms with Gasteiger partial charge < -0.3 is 5.32 Å². The van der Waals surface area contributed by atoms with E-state index in [1.165, 1.54) is 43.1 Å². The van der Waals surface area contributed by atoms with E-state index >= 15 is 0 Å². The highest BCUT2D eigenvalue weighted by molar-refractivity contribution is 5.79. The molecule has 1 aromatic carbocycles. The van der Waals surface area contributed by atoms with Crippen molar-refractivity contribution in [3.05, 3.63) is 41.6 Å². The van der Waals surface area contributed by atoms with Crippen molar-refractivity contribution in [3.63, 3.8) is 0 Å². The van der Waals surface area contributed by atoms with Crippen molar-refractivity contribution in [2.24, 2.45) is 0 Å². The largest absolute Gasteiger partial charge is 0.310 e. The summed E-state index contributed by atoms with van der Waals surface area (Å²) >= 11 is 0. The molecular weight excluding hydrogens is 256 g/mol. The number of pyridine rings is 1. The first-order valence-electron chi connectivity index (χ1n) is 8.32. The van der Waals surface area contributed by atoms with Gasteiger partial charge in [0, 0.05) is 23.7 Å². The van der Waals surface area contributed by atoms with Gasteiger partial charge in [-0.05, 0) is 43.5 Å². The summed E-state index contributed by atoms with van der Waals surface area (Å²) in [6, 6.07) is 11.5. The van der Waals surface area contributed by atoms with Crippen molar-refractivity contribution in [2.45, 2.75) is 65.5 Å². The van der Waals surface area contributed by atoms with Gasteiger partial charge in [-0.1, -0.05) is 45.2 Å². The highest BCUT2D eigenvalue weighted by Crippen LogP contribution is 2.15. The molecule has 1 atom stereocenters. The fourth-order valence-corrected chi connectivity index (χ4v) is 2.80. The van der Waals surface area contributed by atoms with Gasteiger partial charge in [-0.2, -0.15) is 0 Å². The van der Waals surface area contributed by atoms with Crippen LogP contribution in [0.2, 0.25) is 0 Å². The number of nitrogens with zero attached hydrogens (tertiary/aromatic N) is 1. The molecule has 0 amide bonds. The van der Waals surface area contributed by atoms with E-state index < -0.39 is 0 Å². The molecule has 2 rings (SSSR count). The van der Waals surface area contributed by atoms with Crippen molar-refractivity contribution in [1.82, 2.24) is 10.3 Å². The zero-order chi connectivity index (χ0) is 15.1. The average Bonchev–Trinajstić information content (AvgIpc) is 2.50. The van der Waals surface area contributed by atoms with Gasteiger partial charge in [0.15, 0.2) is 0 Å². The Morgan fingerprint density at radius 3 is 2.67 bits per heavy atom. The van der Waals surface area contributed by atoms with Gasteiger partial charge in [0.25, 0.3) is 0 Å². The Balaban J connectivity index is 1.99. The minimum Gasteiger partial charge on any atom is -0.310 e. The molecule has 0 aliphatic carbocycles. The summed E-state index contributed by atoms with van der Waals surface area (Å²) in [7, 11) is 0. The number of hydrogen-bond donors (Lipinski definition) is 1. The maximum atomic E-state index is 4.56. The Hall–Kier alpha value is -1.41. The minimum atomic E-state index is 0.654. The van der Waals surface area contributed by atoms with Crippen LogP contribution in [0.1, 0.15) is 57.2 Å². The van der Waals surface area contributed by atoms with E-state index in [2.05, 4.69) is 54.5 Å². The standard InChI is InChI=1S/C19H28N2/c1-4-6-8-18(7-5-2)20-14-16-10-12-19-17(13-16)11-9-15(3)21-19/h9-13,18,20H,4-8,14H2,1-3H3. The van der Waals surface area contributed by atoms with E-state index in [0.29, 0.717) is 6.04 Å². The summed E-state index contributed by atoms with van der Waals surface area (Å²) in [4.78, 5) is 4.56. The molecule has 0 radical (unpaired) electrons. The third kappa shape index (κ3) is 4.82. The third-order valence-corrected chi connectivity index (χ3v) is 4.03. The van der Waals surface area contributed by atoms with Gasteiger partial charge in [0.1, 0.15) is 0 Å². The Kier molecular flexibility index (Phi) is 6.19. The Bertz CT molecular complexity index is 562. The van der Waals surface area contributed by atoms with Crippen LogP contribution in [0.15, 0.2) is 30.3 Å². The number of fused-ring (bicyclic) bond motifs is 1. The second kappa shape index (κ2) is 8.14. The van der Waals surface area contributed by atoms with E-state index in [-0.39, 0.29) is 0 Å². The topological polar surface area (TPSA) is 24.9 Å². The lowest BCUT2D eigenvalue weighted by molar-refractivity contribution is 0.434. The van der Waals surface area contributed by atoms with E-state index in [0.717, 1.165) is 17.8 Å². The Labute approximate surface area is 129 Å². The quantitative estimate of drug-likeness (QED) is 0.738. The molecule has 21 heavy (non-hydrogen) atoms. The lowest BCUT2D eigenvalue weighted by atomic mass is 10.0. The van der Waals surface area contributed by atoms with Crippen LogP contribution in [0.5, 0.6) is 0 Å². The highest BCUT2D eigenvalue weighted by Gasteiger charge is 2.07. The zero-order valence-electron chi connectivity index (χ0n) is 13.7. The maximum Gasteiger partial charge on any atom is 0.0705 e. The van der Waals surface area contributed by atoms with Crippen LogP contribution in [0.3, 0.4) is 0 Å². The number of hydrogen-bond acceptors (Lipinski definition) is 2. The fraction of sp³-hybridized carbons (Fsp3) is 0.526. The van der Waals surface area contributed by atoms with Crippen molar-refractivity contribution < 1.29 is 0 Å². The SMILES string of the molecule is CCCCC(CCC)NCc1ccc2nc(C)ccc2c1. The van der Waals surface area contributed by atoms with E-state index in [4.69, 9.17) is 0 Å². The van der Waals surface area contributed by atoms with Crippen LogP contribution < -0.4 is 5.32 Å². The number of aromatic nitrogens is 1. The second-order valence-electron chi connectivity index (χ2n) is 5.99. The summed E-state index contributed by atoms with van der Waals surface area (Å²) < 4.78 is 0. The Morgan fingerprint density at radius 1 is 1.05 bits per heavy atom. The molecule has 0 aliphatic rings. The molecule has 0 saturated carbocycles. The lowest BCUT2D eigenvalue weighted by Gasteiger charge is -2.18. The molecule has 114 valence electrons. The van der Waals surface area contributed by atoms with E-state index in [1.54, 1.807) is 0 Å². The van der Waals surface area contributed by atoms with Gasteiger partial charge in [0.05, 0.1) is 5.52 Å². The second-order valence-corrected chi connectivity index (χ2v) is 5.99. The summed E-state index contributed by atoms with van der Waals surface area (Å²) in [5.74, 6) is 0. The van der Waals surface area contributed by atoms with Crippen LogP contribution >= 0.6 is 0 Å². The maximum absolute atomic E-state index is 4.56. The predicted octanol–water partition coefficient (Wildman–Crippen LogP) is 4.99. The van der Waals surface area contributed by atoms with Gasteiger partial charge in [-0.25, -0.2) is 0 Å². The number of aryl methyl sites for hydroxylation is 1. The molecule has 0 fully saturated rings. The molecule has 2 heteroatoms. The molecule has 0 aliphatic heterocycles. The highest BCUT2D eigenvalue weighted by atomic mass is 14.9. The lowest BCUT2D eigenvalue weighted by Crippen LogP contribution is -2.28. The average molecular weight is 284 g/mol. The first-order valence-corrected chi connectivity index (χ1v) is 8.32. The molecule has 0 saturated heterocycles. The van der Waals surface area contributed by atoms with Gasteiger partial charge in [-0.15, -0.1) is 0 Å². The first-order chi connectivity index (χ1) is 10.2. The number of unbranched alkanes of at least 4 members (excludes halogenated alkanes) is 1. The molecule has 1 unspecified atom stereocenters. The van der Waals surface area contributed by atoms with Crippen molar-refractivity contribution in [3.8, 4) is 0 Å². The van der Waals surface area contributed by atoms with E-state index in [9.17, 15) is 0 Å². The summed E-state index contributed by atoms with van der Waals surface area (Å²) in [5.41, 5.74) is 3.52. The van der Waals surface area contributed by atoms with Crippen LogP contribution in [-0.4, -0.2) is 11.0 Å². The summed E-state index contributed by atoms with van der Waals surface area (Å²) in [6.45, 7) is 7.53. The van der Waals surface area contributed by atoms with Crippen molar-refractivity contribution >= 4 is 10.9 Å². The first kappa shape index (κ1) is 16.0. The molecule has 0 bridgehead atoms. The fourth-order valence-electron chi connectivity index (χ4n) is 2.80. The molecule has 0 spiro atoms. The summed E-state index contributed by atoms with van der Waals surface area (Å²) in [5, 5.41) is 4.96. The predicted molar refractivity (Wildman–Crippen MR) is 91.5 cm³/mol. The minimum absolute atomic E-state index is 0.654. The zero-order valence-corrected chi connectivity index (χ0v) is 13.7. The monoisotopic (exact) mass is 284 g/mol. The van der Waals surface area contributed by atoms with Gasteiger partial charge in [0.2, 0.25) is 0 Å². The smallest absolute Gasteiger partial charge is 0.0705 e. The molecule has 2 aromatic rings. The van der Waals surface area contributed by atoms with Crippen LogP contribution in [0, 0.1) is 6.92 Å². The van der Waals surface area contributed by atoms with Crippen LogP contribution in [-0.2, 0) is 6.54 Å². The number of benzene rings is 1. The van der Waals surface area contributed by atoms with Gasteiger partial charge in [-0.3, -0.25) is 4.98 Å². The number of rotatable bonds is 8. The third-order valence-electron chi connectivity index (χ3n) is 4.03.